The lowest BCUT2D eigenvalue weighted by Crippen LogP contribution is -2.35. The molecule has 0 saturated heterocycles. The molecule has 148 valence electrons. The fourth-order valence-electron chi connectivity index (χ4n) is 3.82. The maximum atomic E-state index is 12.8. The van der Waals surface area contributed by atoms with Crippen LogP contribution in [0.25, 0.3) is 0 Å². The summed E-state index contributed by atoms with van der Waals surface area (Å²) in [6.07, 6.45) is 2.24. The molecule has 1 aliphatic carbocycles. The molecule has 2 aliphatic rings. The zero-order valence-corrected chi connectivity index (χ0v) is 15.8. The molecule has 0 fully saturated rings. The molecule has 2 N–H and O–H groups in total. The SMILES string of the molecule is CCOC(=O)C1=C(CC)NC2=C(C(=O)CCC2)[C@@H]1c1ccc(O)c([N+](=O)[O-])c1. The summed E-state index contributed by atoms with van der Waals surface area (Å²) in [7, 11) is 0. The van der Waals surface area contributed by atoms with E-state index in [1.807, 2.05) is 6.92 Å². The molecule has 0 aromatic heterocycles. The van der Waals surface area contributed by atoms with Crippen molar-refractivity contribution in [2.24, 2.45) is 0 Å². The number of nitro groups is 1. The third kappa shape index (κ3) is 3.37. The van der Waals surface area contributed by atoms with Gasteiger partial charge in [-0.3, -0.25) is 14.9 Å². The topological polar surface area (TPSA) is 119 Å². The summed E-state index contributed by atoms with van der Waals surface area (Å²) in [6, 6.07) is 3.96. The van der Waals surface area contributed by atoms with Gasteiger partial charge in [-0.25, -0.2) is 4.79 Å². The maximum Gasteiger partial charge on any atom is 0.336 e. The molecule has 1 aromatic rings. The molecular formula is C20H22N2O6. The number of benzene rings is 1. The predicted molar refractivity (Wildman–Crippen MR) is 100 cm³/mol. The van der Waals surface area contributed by atoms with Crippen LogP contribution in [0.4, 0.5) is 5.69 Å². The molecule has 1 atom stereocenters. The van der Waals surface area contributed by atoms with Gasteiger partial charge in [-0.15, -0.1) is 0 Å². The van der Waals surface area contributed by atoms with Gasteiger partial charge in [-0.1, -0.05) is 13.0 Å². The molecule has 1 aliphatic heterocycles. The Labute approximate surface area is 162 Å². The minimum Gasteiger partial charge on any atom is -0.502 e. The first-order valence-corrected chi connectivity index (χ1v) is 9.29. The quantitative estimate of drug-likeness (QED) is 0.453. The van der Waals surface area contributed by atoms with Gasteiger partial charge >= 0.3 is 11.7 Å². The maximum absolute atomic E-state index is 12.8. The Balaban J connectivity index is 2.24. The van der Waals surface area contributed by atoms with E-state index >= 15 is 0 Å². The van der Waals surface area contributed by atoms with E-state index in [0.717, 1.165) is 5.70 Å². The number of carbonyl (C=O) groups is 2. The van der Waals surface area contributed by atoms with Gasteiger partial charge in [0.1, 0.15) is 0 Å². The number of dihydropyridines is 1. The van der Waals surface area contributed by atoms with Crippen LogP contribution in [0.2, 0.25) is 0 Å². The number of allylic oxidation sites excluding steroid dienone is 3. The predicted octanol–water partition coefficient (Wildman–Crippen LogP) is 3.22. The lowest BCUT2D eigenvalue weighted by Gasteiger charge is -2.34. The standard InChI is InChI=1S/C20H22N2O6/c1-3-12-19(20(25)28-4-2)17(18-13(21-12)6-5-7-16(18)24)11-8-9-15(23)14(10-11)22(26)27/h8-10,17,21,23H,3-7H2,1-2H3/t17-/m0/s1. The molecule has 8 nitrogen and oxygen atoms in total. The number of nitrogens with one attached hydrogen (secondary N) is 1. The molecule has 1 heterocycles. The van der Waals surface area contributed by atoms with Crippen LogP contribution in [-0.2, 0) is 14.3 Å². The highest BCUT2D eigenvalue weighted by Gasteiger charge is 2.40. The summed E-state index contributed by atoms with van der Waals surface area (Å²) in [6.45, 7) is 3.74. The van der Waals surface area contributed by atoms with Gasteiger partial charge in [0.2, 0.25) is 0 Å². The Hall–Kier alpha value is -3.16. The molecule has 28 heavy (non-hydrogen) atoms. The lowest BCUT2D eigenvalue weighted by molar-refractivity contribution is -0.385. The summed E-state index contributed by atoms with van der Waals surface area (Å²) in [5.41, 5.74) is 2.07. The van der Waals surface area contributed by atoms with Crippen molar-refractivity contribution in [2.45, 2.75) is 45.4 Å². The zero-order chi connectivity index (χ0) is 20.4. The van der Waals surface area contributed by atoms with E-state index in [0.29, 0.717) is 48.1 Å². The summed E-state index contributed by atoms with van der Waals surface area (Å²) in [5.74, 6) is -1.88. The third-order valence-corrected chi connectivity index (χ3v) is 5.04. The van der Waals surface area contributed by atoms with E-state index < -0.39 is 28.2 Å². The van der Waals surface area contributed by atoms with Crippen molar-refractivity contribution < 1.29 is 24.4 Å². The van der Waals surface area contributed by atoms with E-state index in [4.69, 9.17) is 4.74 Å². The molecule has 0 spiro atoms. The van der Waals surface area contributed by atoms with Crippen LogP contribution in [0, 0.1) is 10.1 Å². The molecule has 0 unspecified atom stereocenters. The zero-order valence-electron chi connectivity index (χ0n) is 15.8. The Morgan fingerprint density at radius 3 is 2.75 bits per heavy atom. The second-order valence-electron chi connectivity index (χ2n) is 6.70. The van der Waals surface area contributed by atoms with Gasteiger partial charge in [0.25, 0.3) is 0 Å². The molecule has 3 rings (SSSR count). The summed E-state index contributed by atoms with van der Waals surface area (Å²) >= 11 is 0. The number of ketones is 1. The van der Waals surface area contributed by atoms with Gasteiger partial charge in [-0.2, -0.15) is 0 Å². The van der Waals surface area contributed by atoms with Crippen LogP contribution in [0.1, 0.15) is 51.0 Å². The van der Waals surface area contributed by atoms with E-state index in [2.05, 4.69) is 5.32 Å². The first kappa shape index (κ1) is 19.6. The van der Waals surface area contributed by atoms with Gasteiger partial charge < -0.3 is 15.2 Å². The monoisotopic (exact) mass is 386 g/mol. The van der Waals surface area contributed by atoms with E-state index in [-0.39, 0.29) is 12.4 Å². The molecule has 0 radical (unpaired) electrons. The molecule has 1 aromatic carbocycles. The van der Waals surface area contributed by atoms with Crippen molar-refractivity contribution in [3.05, 3.63) is 56.4 Å². The summed E-state index contributed by atoms with van der Waals surface area (Å²) in [4.78, 5) is 36.1. The van der Waals surface area contributed by atoms with Crippen molar-refractivity contribution in [2.75, 3.05) is 6.61 Å². The second kappa shape index (κ2) is 7.84. The van der Waals surface area contributed by atoms with Crippen LogP contribution in [0.3, 0.4) is 0 Å². The van der Waals surface area contributed by atoms with Crippen LogP contribution in [0.5, 0.6) is 5.75 Å². The van der Waals surface area contributed by atoms with Crippen LogP contribution >= 0.6 is 0 Å². The van der Waals surface area contributed by atoms with Gasteiger partial charge in [0.05, 0.1) is 17.1 Å². The number of nitrogens with zero attached hydrogens (tertiary/aromatic N) is 1. The number of ether oxygens (including phenoxy) is 1. The van der Waals surface area contributed by atoms with E-state index in [9.17, 15) is 24.8 Å². The van der Waals surface area contributed by atoms with Crippen molar-refractivity contribution in [1.82, 2.24) is 5.32 Å². The number of phenolic OH excluding ortho intramolecular Hbond substituents is 1. The summed E-state index contributed by atoms with van der Waals surface area (Å²) in [5, 5.41) is 24.3. The number of phenols is 1. The van der Waals surface area contributed by atoms with Crippen molar-refractivity contribution >= 4 is 17.4 Å². The van der Waals surface area contributed by atoms with E-state index in [1.165, 1.54) is 18.2 Å². The Morgan fingerprint density at radius 2 is 2.11 bits per heavy atom. The average molecular weight is 386 g/mol. The normalized spacial score (nSPS) is 19.2. The lowest BCUT2D eigenvalue weighted by atomic mass is 9.74. The number of aromatic hydroxyl groups is 1. The largest absolute Gasteiger partial charge is 0.502 e. The number of carbonyl (C=O) groups excluding carboxylic acids is 2. The fraction of sp³-hybridized carbons (Fsp3) is 0.400. The highest BCUT2D eigenvalue weighted by Crippen LogP contribution is 2.44. The molecular weight excluding hydrogens is 364 g/mol. The minimum absolute atomic E-state index is 0.0913. The Bertz CT molecular complexity index is 915. The Kier molecular flexibility index (Phi) is 5.48. The van der Waals surface area contributed by atoms with Gasteiger partial charge in [-0.05, 0) is 37.8 Å². The minimum atomic E-state index is -0.766. The van der Waals surface area contributed by atoms with Crippen LogP contribution < -0.4 is 5.32 Å². The van der Waals surface area contributed by atoms with Crippen molar-refractivity contribution in [3.8, 4) is 5.75 Å². The van der Waals surface area contributed by atoms with Crippen LogP contribution in [-0.4, -0.2) is 28.4 Å². The highest BCUT2D eigenvalue weighted by atomic mass is 16.6. The molecule has 0 amide bonds. The van der Waals surface area contributed by atoms with E-state index in [1.54, 1.807) is 6.92 Å². The molecule has 8 heteroatoms. The number of rotatable bonds is 5. The van der Waals surface area contributed by atoms with Crippen LogP contribution in [0.15, 0.2) is 40.7 Å². The number of Topliss-reactive ketones (excluding diaryl/α,β-unsaturated/α-hetero) is 1. The number of nitro benzene ring substituents is 1. The van der Waals surface area contributed by atoms with Crippen molar-refractivity contribution in [3.63, 3.8) is 0 Å². The Morgan fingerprint density at radius 1 is 1.36 bits per heavy atom. The smallest absolute Gasteiger partial charge is 0.336 e. The van der Waals surface area contributed by atoms with Gasteiger partial charge in [0.15, 0.2) is 11.5 Å². The van der Waals surface area contributed by atoms with Gasteiger partial charge in [0, 0.05) is 35.4 Å². The number of hydrogen-bond donors (Lipinski definition) is 2. The number of hydrogen-bond acceptors (Lipinski definition) is 7. The number of esters is 1. The van der Waals surface area contributed by atoms with Crippen molar-refractivity contribution in [1.29, 1.82) is 0 Å². The molecule has 0 bridgehead atoms. The summed E-state index contributed by atoms with van der Waals surface area (Å²) < 4.78 is 5.23. The molecule has 0 saturated carbocycles. The highest BCUT2D eigenvalue weighted by molar-refractivity contribution is 6.03. The third-order valence-electron chi connectivity index (χ3n) is 5.04. The average Bonchev–Trinajstić information content (AvgIpc) is 2.67. The fourth-order valence-corrected chi connectivity index (χ4v) is 3.82. The first-order chi connectivity index (χ1) is 13.4. The second-order valence-corrected chi connectivity index (χ2v) is 6.70. The first-order valence-electron chi connectivity index (χ1n) is 9.29.